The molecule has 0 aromatic heterocycles. The average Bonchev–Trinajstić information content (AvgIpc) is 3.29. The summed E-state index contributed by atoms with van der Waals surface area (Å²) >= 11 is 0. The van der Waals surface area contributed by atoms with E-state index in [4.69, 9.17) is 0 Å². The first-order chi connectivity index (χ1) is 9.22. The lowest BCUT2D eigenvalue weighted by molar-refractivity contribution is -0.119. The Labute approximate surface area is 114 Å². The number of hydrogen-bond acceptors (Lipinski definition) is 2. The highest BCUT2D eigenvalue weighted by Crippen LogP contribution is 2.37. The molecule has 2 aliphatic rings. The van der Waals surface area contributed by atoms with Crippen molar-refractivity contribution >= 4 is 11.6 Å². The Morgan fingerprint density at radius 1 is 1.32 bits per heavy atom. The zero-order valence-electron chi connectivity index (χ0n) is 11.5. The zero-order valence-corrected chi connectivity index (χ0v) is 11.5. The number of nitrogens with one attached hydrogen (secondary N) is 2. The predicted molar refractivity (Wildman–Crippen MR) is 76.8 cm³/mol. The van der Waals surface area contributed by atoms with Gasteiger partial charge in [-0.1, -0.05) is 19.1 Å². The minimum atomic E-state index is 0.147. The van der Waals surface area contributed by atoms with Gasteiger partial charge in [0.1, 0.15) is 0 Å². The van der Waals surface area contributed by atoms with Crippen molar-refractivity contribution in [2.75, 3.05) is 5.32 Å². The number of rotatable bonds is 6. The molecule has 2 aliphatic carbocycles. The quantitative estimate of drug-likeness (QED) is 0.823. The van der Waals surface area contributed by atoms with E-state index in [9.17, 15) is 4.79 Å². The molecule has 0 radical (unpaired) electrons. The van der Waals surface area contributed by atoms with Gasteiger partial charge in [-0.15, -0.1) is 0 Å². The summed E-state index contributed by atoms with van der Waals surface area (Å²) in [4.78, 5) is 12.1. The van der Waals surface area contributed by atoms with E-state index in [1.54, 1.807) is 0 Å². The first-order valence-electron chi connectivity index (χ1n) is 7.35. The Morgan fingerprint density at radius 2 is 2.11 bits per heavy atom. The van der Waals surface area contributed by atoms with Crippen molar-refractivity contribution in [2.45, 2.75) is 45.2 Å². The average molecular weight is 258 g/mol. The molecule has 0 aliphatic heterocycles. The Kier molecular flexibility index (Phi) is 3.56. The highest BCUT2D eigenvalue weighted by atomic mass is 16.1. The molecule has 1 amide bonds. The molecule has 2 fully saturated rings. The van der Waals surface area contributed by atoms with Gasteiger partial charge < -0.3 is 10.6 Å². The molecule has 0 saturated heterocycles. The highest BCUT2D eigenvalue weighted by Gasteiger charge is 2.32. The highest BCUT2D eigenvalue weighted by molar-refractivity contribution is 5.92. The molecule has 3 rings (SSSR count). The molecule has 102 valence electrons. The summed E-state index contributed by atoms with van der Waals surface area (Å²) in [7, 11) is 0. The van der Waals surface area contributed by atoms with Crippen LogP contribution in [0.25, 0.3) is 0 Å². The van der Waals surface area contributed by atoms with Crippen molar-refractivity contribution in [1.29, 1.82) is 0 Å². The van der Waals surface area contributed by atoms with Crippen molar-refractivity contribution < 1.29 is 4.79 Å². The van der Waals surface area contributed by atoms with E-state index < -0.39 is 0 Å². The van der Waals surface area contributed by atoms with E-state index in [1.807, 2.05) is 19.1 Å². The number of amides is 1. The zero-order chi connectivity index (χ0) is 13.2. The van der Waals surface area contributed by atoms with E-state index in [1.165, 1.54) is 31.2 Å². The maximum atomic E-state index is 12.1. The van der Waals surface area contributed by atoms with Gasteiger partial charge in [0.15, 0.2) is 0 Å². The molecule has 1 unspecified atom stereocenters. The summed E-state index contributed by atoms with van der Waals surface area (Å²) in [6, 6.07) is 8.88. The number of hydrogen-bond donors (Lipinski definition) is 2. The van der Waals surface area contributed by atoms with Gasteiger partial charge >= 0.3 is 0 Å². The fourth-order valence-electron chi connectivity index (χ4n) is 2.38. The monoisotopic (exact) mass is 258 g/mol. The minimum Gasteiger partial charge on any atom is -0.326 e. The van der Waals surface area contributed by atoms with E-state index >= 15 is 0 Å². The number of carbonyl (C=O) groups excluding carboxylic acids is 1. The van der Waals surface area contributed by atoms with Gasteiger partial charge in [-0.3, -0.25) is 4.79 Å². The number of carbonyl (C=O) groups is 1. The largest absolute Gasteiger partial charge is 0.326 e. The Bertz CT molecular complexity index is 464. The Morgan fingerprint density at radius 3 is 2.79 bits per heavy atom. The molecule has 1 aromatic rings. The van der Waals surface area contributed by atoms with Crippen LogP contribution in [0.15, 0.2) is 24.3 Å². The second kappa shape index (κ2) is 5.33. The van der Waals surface area contributed by atoms with Gasteiger partial charge in [0.25, 0.3) is 0 Å². The Hall–Kier alpha value is -1.35. The van der Waals surface area contributed by atoms with Crippen LogP contribution < -0.4 is 10.6 Å². The molecule has 3 heteroatoms. The van der Waals surface area contributed by atoms with E-state index in [0.717, 1.165) is 12.2 Å². The molecular weight excluding hydrogens is 236 g/mol. The fraction of sp³-hybridized carbons (Fsp3) is 0.562. The standard InChI is InChI=1S/C16H22N2O/c1-11(13-5-6-13)16(19)18-15-4-2-3-12(9-15)10-17-14-7-8-14/h2-4,9,11,13-14,17H,5-8,10H2,1H3,(H,18,19). The molecule has 0 spiro atoms. The first kappa shape index (κ1) is 12.7. The van der Waals surface area contributed by atoms with E-state index in [2.05, 4.69) is 22.8 Å². The summed E-state index contributed by atoms with van der Waals surface area (Å²) in [5.74, 6) is 0.919. The van der Waals surface area contributed by atoms with Crippen LogP contribution in [0.1, 0.15) is 38.2 Å². The lowest BCUT2D eigenvalue weighted by atomic mass is 10.1. The van der Waals surface area contributed by atoms with Crippen molar-refractivity contribution in [3.05, 3.63) is 29.8 Å². The van der Waals surface area contributed by atoms with Crippen LogP contribution in [0, 0.1) is 11.8 Å². The minimum absolute atomic E-state index is 0.147. The van der Waals surface area contributed by atoms with Gasteiger partial charge in [0.05, 0.1) is 0 Å². The second-order valence-electron chi connectivity index (χ2n) is 5.97. The van der Waals surface area contributed by atoms with Crippen molar-refractivity contribution in [3.63, 3.8) is 0 Å². The molecule has 3 nitrogen and oxygen atoms in total. The molecule has 2 saturated carbocycles. The fourth-order valence-corrected chi connectivity index (χ4v) is 2.38. The van der Waals surface area contributed by atoms with Crippen molar-refractivity contribution in [2.24, 2.45) is 11.8 Å². The molecule has 0 heterocycles. The molecule has 1 atom stereocenters. The van der Waals surface area contributed by atoms with Crippen molar-refractivity contribution in [1.82, 2.24) is 5.32 Å². The number of benzene rings is 1. The third-order valence-corrected chi connectivity index (χ3v) is 4.11. The second-order valence-corrected chi connectivity index (χ2v) is 5.97. The topological polar surface area (TPSA) is 41.1 Å². The lowest BCUT2D eigenvalue weighted by Gasteiger charge is -2.12. The van der Waals surface area contributed by atoms with Crippen LogP contribution in [0.4, 0.5) is 5.69 Å². The smallest absolute Gasteiger partial charge is 0.227 e. The van der Waals surface area contributed by atoms with Crippen LogP contribution in [0.2, 0.25) is 0 Å². The van der Waals surface area contributed by atoms with Crippen LogP contribution in [-0.2, 0) is 11.3 Å². The van der Waals surface area contributed by atoms with Gasteiger partial charge in [-0.05, 0) is 49.3 Å². The van der Waals surface area contributed by atoms with Crippen LogP contribution >= 0.6 is 0 Å². The Balaban J connectivity index is 1.56. The third kappa shape index (κ3) is 3.57. The third-order valence-electron chi connectivity index (χ3n) is 4.11. The summed E-state index contributed by atoms with van der Waals surface area (Å²) in [6.07, 6.45) is 5.02. The van der Waals surface area contributed by atoms with Crippen LogP contribution in [0.3, 0.4) is 0 Å². The first-order valence-corrected chi connectivity index (χ1v) is 7.35. The molecule has 2 N–H and O–H groups in total. The molecular formula is C16H22N2O. The lowest BCUT2D eigenvalue weighted by Crippen LogP contribution is -2.22. The predicted octanol–water partition coefficient (Wildman–Crippen LogP) is 2.92. The van der Waals surface area contributed by atoms with Crippen LogP contribution in [0.5, 0.6) is 0 Å². The molecule has 19 heavy (non-hydrogen) atoms. The summed E-state index contributed by atoms with van der Waals surface area (Å²) < 4.78 is 0. The van der Waals surface area contributed by atoms with Gasteiger partial charge in [0.2, 0.25) is 5.91 Å². The summed E-state index contributed by atoms with van der Waals surface area (Å²) in [6.45, 7) is 2.93. The SMILES string of the molecule is CC(C(=O)Nc1cccc(CNC2CC2)c1)C1CC1. The van der Waals surface area contributed by atoms with Crippen LogP contribution in [-0.4, -0.2) is 11.9 Å². The maximum absolute atomic E-state index is 12.1. The van der Waals surface area contributed by atoms with E-state index in [-0.39, 0.29) is 11.8 Å². The van der Waals surface area contributed by atoms with E-state index in [0.29, 0.717) is 12.0 Å². The number of anilines is 1. The van der Waals surface area contributed by atoms with Crippen molar-refractivity contribution in [3.8, 4) is 0 Å². The maximum Gasteiger partial charge on any atom is 0.227 e. The van der Waals surface area contributed by atoms with Gasteiger partial charge in [-0.2, -0.15) is 0 Å². The molecule has 1 aromatic carbocycles. The summed E-state index contributed by atoms with van der Waals surface area (Å²) in [5, 5.41) is 6.53. The normalized spacial score (nSPS) is 20.1. The summed E-state index contributed by atoms with van der Waals surface area (Å²) in [5.41, 5.74) is 2.16. The van der Waals surface area contributed by atoms with Gasteiger partial charge in [0, 0.05) is 24.2 Å². The molecule has 0 bridgehead atoms. The van der Waals surface area contributed by atoms with Gasteiger partial charge in [-0.25, -0.2) is 0 Å².